The molecule has 1 aliphatic rings. The number of hydrogen-bond donors (Lipinski definition) is 1. The highest BCUT2D eigenvalue weighted by Gasteiger charge is 2.22. The molecule has 0 saturated carbocycles. The molecule has 106 valence electrons. The summed E-state index contributed by atoms with van der Waals surface area (Å²) in [7, 11) is 3.64. The normalized spacial score (nSPS) is 20.1. The Labute approximate surface area is 114 Å². The molecular formula is C15H23FN2O. The molecule has 0 spiro atoms. The van der Waals surface area contributed by atoms with Gasteiger partial charge in [0.25, 0.3) is 0 Å². The molecular weight excluding hydrogens is 243 g/mol. The van der Waals surface area contributed by atoms with Crippen LogP contribution in [-0.4, -0.2) is 38.8 Å². The Morgan fingerprint density at radius 2 is 2.32 bits per heavy atom. The molecule has 1 aliphatic heterocycles. The van der Waals surface area contributed by atoms with Crippen LogP contribution in [0.15, 0.2) is 18.2 Å². The number of halogens is 1. The van der Waals surface area contributed by atoms with Crippen molar-refractivity contribution < 1.29 is 9.13 Å². The maximum atomic E-state index is 13.8. The first kappa shape index (κ1) is 14.4. The Hall–Kier alpha value is -0.970. The maximum Gasteiger partial charge on any atom is 0.127 e. The largest absolute Gasteiger partial charge is 0.384 e. The Bertz CT molecular complexity index is 411. The Kier molecular flexibility index (Phi) is 5.31. The molecule has 1 fully saturated rings. The summed E-state index contributed by atoms with van der Waals surface area (Å²) >= 11 is 0. The number of likely N-dealkylation sites (tertiary alicyclic amines) is 1. The molecule has 4 heteroatoms. The van der Waals surface area contributed by atoms with E-state index in [1.807, 2.05) is 19.2 Å². The molecule has 1 atom stereocenters. The molecule has 1 aromatic carbocycles. The van der Waals surface area contributed by atoms with Gasteiger partial charge < -0.3 is 10.1 Å². The lowest BCUT2D eigenvalue weighted by molar-refractivity contribution is 0.152. The van der Waals surface area contributed by atoms with Crippen LogP contribution in [0.25, 0.3) is 0 Å². The molecule has 1 N–H and O–H groups in total. The van der Waals surface area contributed by atoms with Crippen molar-refractivity contribution in [1.82, 2.24) is 10.2 Å². The van der Waals surface area contributed by atoms with Gasteiger partial charge in [0, 0.05) is 32.3 Å². The summed E-state index contributed by atoms with van der Waals surface area (Å²) in [4.78, 5) is 2.31. The second kappa shape index (κ2) is 6.98. The van der Waals surface area contributed by atoms with E-state index < -0.39 is 0 Å². The third-order valence-electron chi connectivity index (χ3n) is 3.66. The zero-order chi connectivity index (χ0) is 13.7. The van der Waals surface area contributed by atoms with E-state index in [0.29, 0.717) is 12.5 Å². The zero-order valence-electron chi connectivity index (χ0n) is 11.8. The van der Waals surface area contributed by atoms with E-state index in [9.17, 15) is 4.39 Å². The number of nitrogens with zero attached hydrogens (tertiary/aromatic N) is 1. The topological polar surface area (TPSA) is 24.5 Å². The molecule has 1 heterocycles. The van der Waals surface area contributed by atoms with Crippen LogP contribution in [0.3, 0.4) is 0 Å². The molecule has 3 nitrogen and oxygen atoms in total. The van der Waals surface area contributed by atoms with Crippen molar-refractivity contribution in [3.05, 3.63) is 35.1 Å². The summed E-state index contributed by atoms with van der Waals surface area (Å²) in [5, 5.41) is 3.10. The molecule has 1 aromatic rings. The van der Waals surface area contributed by atoms with Crippen LogP contribution >= 0.6 is 0 Å². The van der Waals surface area contributed by atoms with Crippen LogP contribution in [0.5, 0.6) is 0 Å². The van der Waals surface area contributed by atoms with Gasteiger partial charge in [0.15, 0.2) is 0 Å². The molecule has 1 unspecified atom stereocenters. The van der Waals surface area contributed by atoms with Crippen molar-refractivity contribution in [1.29, 1.82) is 0 Å². The van der Waals surface area contributed by atoms with Gasteiger partial charge in [-0.1, -0.05) is 12.1 Å². The zero-order valence-corrected chi connectivity index (χ0v) is 11.8. The van der Waals surface area contributed by atoms with E-state index in [4.69, 9.17) is 4.74 Å². The summed E-state index contributed by atoms with van der Waals surface area (Å²) in [6.07, 6.45) is 1.14. The molecule has 0 bridgehead atoms. The van der Waals surface area contributed by atoms with Gasteiger partial charge in [0.05, 0.1) is 6.61 Å². The van der Waals surface area contributed by atoms with Crippen molar-refractivity contribution in [2.24, 2.45) is 5.92 Å². The number of ether oxygens (including phenoxy) is 1. The SMILES string of the molecule is CNCc1ccc(F)c(CN2CCC(COC)C2)c1. The average molecular weight is 266 g/mol. The van der Waals surface area contributed by atoms with Crippen molar-refractivity contribution in [2.45, 2.75) is 19.5 Å². The number of hydrogen-bond acceptors (Lipinski definition) is 3. The lowest BCUT2D eigenvalue weighted by atomic mass is 10.1. The summed E-state index contributed by atoms with van der Waals surface area (Å²) in [5.74, 6) is 0.489. The third kappa shape index (κ3) is 4.00. The fraction of sp³-hybridized carbons (Fsp3) is 0.600. The first-order chi connectivity index (χ1) is 9.22. The highest BCUT2D eigenvalue weighted by Crippen LogP contribution is 2.20. The van der Waals surface area contributed by atoms with E-state index >= 15 is 0 Å². The van der Waals surface area contributed by atoms with E-state index in [1.54, 1.807) is 13.2 Å². The highest BCUT2D eigenvalue weighted by molar-refractivity contribution is 5.25. The van der Waals surface area contributed by atoms with Gasteiger partial charge in [-0.25, -0.2) is 4.39 Å². The lowest BCUT2D eigenvalue weighted by Crippen LogP contribution is -2.22. The second-order valence-corrected chi connectivity index (χ2v) is 5.30. The van der Waals surface area contributed by atoms with E-state index in [2.05, 4.69) is 10.2 Å². The standard InChI is InChI=1S/C15H23FN2O/c1-17-8-12-3-4-15(16)14(7-12)10-18-6-5-13(9-18)11-19-2/h3-4,7,13,17H,5-6,8-11H2,1-2H3. The molecule has 0 radical (unpaired) electrons. The van der Waals surface area contributed by atoms with Crippen LogP contribution in [0.4, 0.5) is 4.39 Å². The summed E-state index contributed by atoms with van der Waals surface area (Å²) in [6, 6.07) is 5.38. The van der Waals surface area contributed by atoms with E-state index in [0.717, 1.165) is 43.8 Å². The Balaban J connectivity index is 1.97. The Morgan fingerprint density at radius 1 is 1.47 bits per heavy atom. The van der Waals surface area contributed by atoms with Crippen LogP contribution in [-0.2, 0) is 17.8 Å². The fourth-order valence-corrected chi connectivity index (χ4v) is 2.73. The first-order valence-corrected chi connectivity index (χ1v) is 6.86. The van der Waals surface area contributed by atoms with Crippen molar-refractivity contribution in [2.75, 3.05) is 33.9 Å². The first-order valence-electron chi connectivity index (χ1n) is 6.86. The van der Waals surface area contributed by atoms with Gasteiger partial charge in [-0.05, 0) is 37.6 Å². The smallest absolute Gasteiger partial charge is 0.127 e. The summed E-state index contributed by atoms with van der Waals surface area (Å²) in [5.41, 5.74) is 1.93. The molecule has 1 saturated heterocycles. The number of benzene rings is 1. The predicted octanol–water partition coefficient (Wildman–Crippen LogP) is 2.01. The van der Waals surface area contributed by atoms with Gasteiger partial charge in [-0.15, -0.1) is 0 Å². The average Bonchev–Trinajstić information content (AvgIpc) is 2.82. The third-order valence-corrected chi connectivity index (χ3v) is 3.66. The second-order valence-electron chi connectivity index (χ2n) is 5.30. The number of rotatable bonds is 6. The van der Waals surface area contributed by atoms with Gasteiger partial charge in [-0.3, -0.25) is 4.90 Å². The monoisotopic (exact) mass is 266 g/mol. The molecule has 0 amide bonds. The van der Waals surface area contributed by atoms with E-state index in [-0.39, 0.29) is 5.82 Å². The fourth-order valence-electron chi connectivity index (χ4n) is 2.73. The van der Waals surface area contributed by atoms with Crippen LogP contribution in [0, 0.1) is 11.7 Å². The highest BCUT2D eigenvalue weighted by atomic mass is 19.1. The van der Waals surface area contributed by atoms with Gasteiger partial charge >= 0.3 is 0 Å². The van der Waals surface area contributed by atoms with Crippen molar-refractivity contribution >= 4 is 0 Å². The molecule has 0 aliphatic carbocycles. The summed E-state index contributed by atoms with van der Waals surface area (Å²) < 4.78 is 19.0. The van der Waals surface area contributed by atoms with Crippen LogP contribution in [0.1, 0.15) is 17.5 Å². The Morgan fingerprint density at radius 3 is 3.05 bits per heavy atom. The minimum Gasteiger partial charge on any atom is -0.384 e. The quantitative estimate of drug-likeness (QED) is 0.852. The number of nitrogens with one attached hydrogen (secondary N) is 1. The summed E-state index contributed by atoms with van der Waals surface area (Å²) in [6.45, 7) is 4.31. The maximum absolute atomic E-state index is 13.8. The molecule has 19 heavy (non-hydrogen) atoms. The minimum atomic E-state index is -0.102. The van der Waals surface area contributed by atoms with E-state index in [1.165, 1.54) is 0 Å². The van der Waals surface area contributed by atoms with Gasteiger partial charge in [0.2, 0.25) is 0 Å². The van der Waals surface area contributed by atoms with Crippen LogP contribution in [0.2, 0.25) is 0 Å². The van der Waals surface area contributed by atoms with Crippen molar-refractivity contribution in [3.8, 4) is 0 Å². The number of methoxy groups -OCH3 is 1. The lowest BCUT2D eigenvalue weighted by Gasteiger charge is -2.17. The minimum absolute atomic E-state index is 0.102. The molecule has 2 rings (SSSR count). The molecule has 0 aromatic heterocycles. The van der Waals surface area contributed by atoms with Gasteiger partial charge in [-0.2, -0.15) is 0 Å². The van der Waals surface area contributed by atoms with Gasteiger partial charge in [0.1, 0.15) is 5.82 Å². The predicted molar refractivity (Wildman–Crippen MR) is 74.4 cm³/mol. The van der Waals surface area contributed by atoms with Crippen molar-refractivity contribution in [3.63, 3.8) is 0 Å². The van der Waals surface area contributed by atoms with Crippen LogP contribution < -0.4 is 5.32 Å².